The van der Waals surface area contributed by atoms with Gasteiger partial charge in [-0.2, -0.15) is 11.8 Å². The van der Waals surface area contributed by atoms with Crippen LogP contribution in [0.2, 0.25) is 0 Å². The average molecular weight is 258 g/mol. The number of piperazine rings is 1. The molecule has 0 aromatic heterocycles. The minimum absolute atomic E-state index is 0.306. The zero-order valence-corrected chi connectivity index (χ0v) is 13.3. The van der Waals surface area contributed by atoms with Gasteiger partial charge in [0.15, 0.2) is 0 Å². The van der Waals surface area contributed by atoms with Gasteiger partial charge in [0.05, 0.1) is 0 Å². The predicted octanol–water partition coefficient (Wildman–Crippen LogP) is 2.84. The first-order valence-corrected chi connectivity index (χ1v) is 8.20. The molecule has 1 fully saturated rings. The van der Waals surface area contributed by atoms with Gasteiger partial charge in [-0.25, -0.2) is 0 Å². The Hall–Kier alpha value is 0.270. The van der Waals surface area contributed by atoms with Crippen molar-refractivity contribution in [3.63, 3.8) is 0 Å². The lowest BCUT2D eigenvalue weighted by molar-refractivity contribution is 0.0313. The summed E-state index contributed by atoms with van der Waals surface area (Å²) in [6.07, 6.45) is 3.41. The number of rotatable bonds is 4. The smallest absolute Gasteiger partial charge is 0.0278 e. The van der Waals surface area contributed by atoms with Gasteiger partial charge in [0.25, 0.3) is 0 Å². The van der Waals surface area contributed by atoms with Crippen LogP contribution in [0.4, 0.5) is 0 Å². The molecule has 1 N–H and O–H groups in total. The van der Waals surface area contributed by atoms with Crippen LogP contribution < -0.4 is 5.32 Å². The number of thioether (sulfide) groups is 1. The first kappa shape index (κ1) is 15.3. The Morgan fingerprint density at radius 2 is 2.06 bits per heavy atom. The summed E-state index contributed by atoms with van der Waals surface area (Å²) in [5.74, 6) is 1.24. The second-order valence-electron chi connectivity index (χ2n) is 6.64. The standard InChI is InChI=1S/C14H30N2S/c1-7-14(5)11-16(8-9-17-6)12(10-15-14)13(2,3)4/h12,15H,7-11H2,1-6H3. The summed E-state index contributed by atoms with van der Waals surface area (Å²) in [6.45, 7) is 15.3. The predicted molar refractivity (Wildman–Crippen MR) is 79.9 cm³/mol. The lowest BCUT2D eigenvalue weighted by Gasteiger charge is -2.50. The molecule has 1 aliphatic heterocycles. The van der Waals surface area contributed by atoms with Crippen LogP contribution in [-0.2, 0) is 0 Å². The van der Waals surface area contributed by atoms with E-state index < -0.39 is 0 Å². The lowest BCUT2D eigenvalue weighted by Crippen LogP contribution is -2.65. The van der Waals surface area contributed by atoms with Gasteiger partial charge in [-0.05, 0) is 25.0 Å². The summed E-state index contributed by atoms with van der Waals surface area (Å²) in [6, 6.07) is 0.661. The molecule has 2 nitrogen and oxygen atoms in total. The average Bonchev–Trinajstić information content (AvgIpc) is 2.25. The van der Waals surface area contributed by atoms with E-state index in [0.29, 0.717) is 17.0 Å². The largest absolute Gasteiger partial charge is 0.309 e. The summed E-state index contributed by atoms with van der Waals surface area (Å²) in [4.78, 5) is 2.70. The summed E-state index contributed by atoms with van der Waals surface area (Å²) in [5.41, 5.74) is 0.667. The van der Waals surface area contributed by atoms with E-state index >= 15 is 0 Å². The molecule has 1 aliphatic rings. The molecule has 102 valence electrons. The molecule has 0 aliphatic carbocycles. The Morgan fingerprint density at radius 1 is 1.41 bits per heavy atom. The highest BCUT2D eigenvalue weighted by molar-refractivity contribution is 7.98. The molecular formula is C14H30N2S. The van der Waals surface area contributed by atoms with Gasteiger partial charge in [0, 0.05) is 37.0 Å². The van der Waals surface area contributed by atoms with Crippen molar-refractivity contribution in [2.75, 3.05) is 31.6 Å². The van der Waals surface area contributed by atoms with E-state index in [0.717, 1.165) is 6.54 Å². The highest BCUT2D eigenvalue weighted by Gasteiger charge is 2.39. The van der Waals surface area contributed by atoms with Crippen LogP contribution in [0.15, 0.2) is 0 Å². The van der Waals surface area contributed by atoms with Crippen molar-refractivity contribution in [3.8, 4) is 0 Å². The number of hydrogen-bond acceptors (Lipinski definition) is 3. The summed E-state index contributed by atoms with van der Waals surface area (Å²) in [7, 11) is 0. The molecule has 1 heterocycles. The van der Waals surface area contributed by atoms with Gasteiger partial charge in [0.1, 0.15) is 0 Å². The molecule has 17 heavy (non-hydrogen) atoms. The molecule has 0 amide bonds. The Labute approximate surface area is 112 Å². The maximum absolute atomic E-state index is 3.76. The van der Waals surface area contributed by atoms with E-state index in [1.165, 1.54) is 25.3 Å². The monoisotopic (exact) mass is 258 g/mol. The van der Waals surface area contributed by atoms with Crippen molar-refractivity contribution in [2.45, 2.75) is 52.6 Å². The fourth-order valence-electron chi connectivity index (χ4n) is 2.62. The van der Waals surface area contributed by atoms with Crippen LogP contribution in [0.5, 0.6) is 0 Å². The van der Waals surface area contributed by atoms with Crippen molar-refractivity contribution >= 4 is 11.8 Å². The highest BCUT2D eigenvalue weighted by Crippen LogP contribution is 2.29. The van der Waals surface area contributed by atoms with Crippen LogP contribution in [0.25, 0.3) is 0 Å². The van der Waals surface area contributed by atoms with Crippen LogP contribution in [0.3, 0.4) is 0 Å². The molecule has 0 spiro atoms. The maximum atomic E-state index is 3.76. The minimum Gasteiger partial charge on any atom is -0.309 e. The normalized spacial score (nSPS) is 31.8. The molecule has 0 saturated carbocycles. The Kier molecular flexibility index (Phi) is 5.36. The Morgan fingerprint density at radius 3 is 2.53 bits per heavy atom. The Balaban J connectivity index is 2.72. The topological polar surface area (TPSA) is 15.3 Å². The molecule has 0 bridgehead atoms. The SMILES string of the molecule is CCC1(C)CN(CCSC)C(C(C)(C)C)CN1. The van der Waals surface area contributed by atoms with Gasteiger partial charge in [0.2, 0.25) is 0 Å². The fourth-order valence-corrected chi connectivity index (χ4v) is 3.04. The number of hydrogen-bond donors (Lipinski definition) is 1. The van der Waals surface area contributed by atoms with E-state index in [4.69, 9.17) is 0 Å². The van der Waals surface area contributed by atoms with Crippen LogP contribution in [0.1, 0.15) is 41.0 Å². The van der Waals surface area contributed by atoms with Crippen molar-refractivity contribution in [3.05, 3.63) is 0 Å². The van der Waals surface area contributed by atoms with E-state index in [1.54, 1.807) is 0 Å². The summed E-state index contributed by atoms with van der Waals surface area (Å²) >= 11 is 1.95. The molecule has 3 heteroatoms. The molecule has 2 atom stereocenters. The highest BCUT2D eigenvalue weighted by atomic mass is 32.2. The zero-order valence-electron chi connectivity index (χ0n) is 12.5. The molecule has 1 rings (SSSR count). The molecule has 2 unspecified atom stereocenters. The van der Waals surface area contributed by atoms with Gasteiger partial charge in [-0.15, -0.1) is 0 Å². The van der Waals surface area contributed by atoms with Crippen molar-refractivity contribution in [1.29, 1.82) is 0 Å². The second-order valence-corrected chi connectivity index (χ2v) is 7.63. The molecular weight excluding hydrogens is 228 g/mol. The first-order chi connectivity index (χ1) is 7.82. The lowest BCUT2D eigenvalue weighted by atomic mass is 9.81. The molecule has 0 aromatic carbocycles. The quantitative estimate of drug-likeness (QED) is 0.835. The first-order valence-electron chi connectivity index (χ1n) is 6.80. The van der Waals surface area contributed by atoms with E-state index in [9.17, 15) is 0 Å². The van der Waals surface area contributed by atoms with Crippen LogP contribution >= 0.6 is 11.8 Å². The number of nitrogens with one attached hydrogen (secondary N) is 1. The van der Waals surface area contributed by atoms with E-state index in [-0.39, 0.29) is 0 Å². The van der Waals surface area contributed by atoms with E-state index in [2.05, 4.69) is 51.1 Å². The van der Waals surface area contributed by atoms with Gasteiger partial charge < -0.3 is 5.32 Å². The van der Waals surface area contributed by atoms with Gasteiger partial charge in [-0.3, -0.25) is 4.90 Å². The third-order valence-electron chi connectivity index (χ3n) is 4.08. The summed E-state index contributed by atoms with van der Waals surface area (Å²) < 4.78 is 0. The van der Waals surface area contributed by atoms with Gasteiger partial charge in [-0.1, -0.05) is 27.7 Å². The number of nitrogens with zero attached hydrogens (tertiary/aromatic N) is 1. The third-order valence-corrected chi connectivity index (χ3v) is 4.67. The van der Waals surface area contributed by atoms with Crippen molar-refractivity contribution < 1.29 is 0 Å². The third kappa shape index (κ3) is 4.15. The minimum atomic E-state index is 0.306. The second kappa shape index (κ2) is 5.94. The molecule has 0 aromatic rings. The maximum Gasteiger partial charge on any atom is 0.0278 e. The van der Waals surface area contributed by atoms with Crippen molar-refractivity contribution in [1.82, 2.24) is 10.2 Å². The zero-order chi connectivity index (χ0) is 13.1. The van der Waals surface area contributed by atoms with Crippen LogP contribution in [-0.4, -0.2) is 48.1 Å². The molecule has 0 radical (unpaired) electrons. The van der Waals surface area contributed by atoms with Crippen molar-refractivity contribution in [2.24, 2.45) is 5.41 Å². The van der Waals surface area contributed by atoms with Gasteiger partial charge >= 0.3 is 0 Å². The molecule has 1 saturated heterocycles. The Bertz CT molecular complexity index is 237. The van der Waals surface area contributed by atoms with E-state index in [1.807, 2.05) is 11.8 Å². The fraction of sp³-hybridized carbons (Fsp3) is 1.00. The summed E-state index contributed by atoms with van der Waals surface area (Å²) in [5, 5.41) is 3.76. The van der Waals surface area contributed by atoms with Crippen LogP contribution in [0, 0.1) is 5.41 Å².